The second kappa shape index (κ2) is 10.7. The molecule has 37 heavy (non-hydrogen) atoms. The molecule has 2 unspecified atom stereocenters. The Morgan fingerprint density at radius 3 is 2.62 bits per heavy atom. The number of nitrogens with two attached hydrogens (primary N) is 1. The first-order valence-electron chi connectivity index (χ1n) is 13.2. The Morgan fingerprint density at radius 1 is 1.03 bits per heavy atom. The van der Waals surface area contributed by atoms with Gasteiger partial charge >= 0.3 is 0 Å². The highest BCUT2D eigenvalue weighted by atomic mass is 35.5. The number of rotatable bonds is 7. The number of nitrogens with zero attached hydrogens (tertiary/aromatic N) is 5. The van der Waals surface area contributed by atoms with Gasteiger partial charge in [-0.25, -0.2) is 14.4 Å². The summed E-state index contributed by atoms with van der Waals surface area (Å²) in [6.45, 7) is 2.35. The van der Waals surface area contributed by atoms with Crippen LogP contribution in [0, 0.1) is 11.8 Å². The Hall–Kier alpha value is -2.55. The summed E-state index contributed by atoms with van der Waals surface area (Å²) in [6, 6.07) is 10.7. The third-order valence-corrected chi connectivity index (χ3v) is 9.31. The van der Waals surface area contributed by atoms with Crippen molar-refractivity contribution in [2.45, 2.75) is 44.6 Å². The number of hydrogen-bond donors (Lipinski definition) is 1. The standard InChI is InChI=1S/C28H32ClFN6S/c29-28-33-25(31)24-23(27-32-21(17-37-27)14-18-4-2-1-3-5-18)16-36(26(24)34-28)22-7-6-20(15-22)19-8-11-35(12-9-19)13-10-30/h1-5,16-17,19-20,22H,6-15H2,(H2,31,33,34). The van der Waals surface area contributed by atoms with Crippen molar-refractivity contribution in [2.75, 3.05) is 32.0 Å². The molecule has 1 aliphatic heterocycles. The largest absolute Gasteiger partial charge is 0.383 e. The molecule has 6 nitrogen and oxygen atoms in total. The molecule has 1 saturated carbocycles. The Kier molecular flexibility index (Phi) is 7.14. The van der Waals surface area contributed by atoms with E-state index in [9.17, 15) is 4.39 Å². The maximum absolute atomic E-state index is 12.7. The van der Waals surface area contributed by atoms with E-state index in [-0.39, 0.29) is 12.0 Å². The van der Waals surface area contributed by atoms with Crippen LogP contribution in [0.2, 0.25) is 5.28 Å². The van der Waals surface area contributed by atoms with E-state index >= 15 is 0 Å². The summed E-state index contributed by atoms with van der Waals surface area (Å²) >= 11 is 7.92. The third kappa shape index (κ3) is 5.11. The molecule has 4 aromatic rings. The average Bonchev–Trinajstić information content (AvgIpc) is 3.64. The van der Waals surface area contributed by atoms with Crippen LogP contribution in [0.25, 0.3) is 21.6 Å². The second-order valence-corrected chi connectivity index (χ2v) is 11.6. The van der Waals surface area contributed by atoms with Gasteiger partial charge in [-0.1, -0.05) is 30.3 Å². The van der Waals surface area contributed by atoms with Crippen LogP contribution in [-0.2, 0) is 6.42 Å². The van der Waals surface area contributed by atoms with Crippen molar-refractivity contribution in [3.05, 3.63) is 58.4 Å². The fourth-order valence-electron chi connectivity index (χ4n) is 6.35. The van der Waals surface area contributed by atoms with E-state index in [1.807, 2.05) is 6.07 Å². The monoisotopic (exact) mass is 538 g/mol. The fourth-order valence-corrected chi connectivity index (χ4v) is 7.35. The Morgan fingerprint density at radius 2 is 1.84 bits per heavy atom. The van der Waals surface area contributed by atoms with Gasteiger partial charge in [-0.2, -0.15) is 4.98 Å². The van der Waals surface area contributed by atoms with Crippen molar-refractivity contribution < 1.29 is 4.39 Å². The van der Waals surface area contributed by atoms with Gasteiger partial charge in [-0.15, -0.1) is 11.3 Å². The fraction of sp³-hybridized carbons (Fsp3) is 0.464. The number of piperidine rings is 1. The van der Waals surface area contributed by atoms with Crippen molar-refractivity contribution in [3.63, 3.8) is 0 Å². The van der Waals surface area contributed by atoms with Gasteiger partial charge < -0.3 is 15.2 Å². The summed E-state index contributed by atoms with van der Waals surface area (Å²) in [5.74, 6) is 1.80. The van der Waals surface area contributed by atoms with E-state index < -0.39 is 0 Å². The molecule has 194 valence electrons. The van der Waals surface area contributed by atoms with E-state index in [0.717, 1.165) is 59.7 Å². The van der Waals surface area contributed by atoms with Crippen molar-refractivity contribution in [1.82, 2.24) is 24.4 Å². The Labute approximate surface area is 225 Å². The number of fused-ring (bicyclic) bond motifs is 1. The Balaban J connectivity index is 1.26. The highest BCUT2D eigenvalue weighted by Crippen LogP contribution is 2.45. The van der Waals surface area contributed by atoms with E-state index in [1.54, 1.807) is 11.3 Å². The molecule has 1 saturated heterocycles. The van der Waals surface area contributed by atoms with E-state index in [4.69, 9.17) is 22.3 Å². The lowest BCUT2D eigenvalue weighted by atomic mass is 9.83. The topological polar surface area (TPSA) is 72.9 Å². The van der Waals surface area contributed by atoms with E-state index in [2.05, 4.69) is 55.3 Å². The summed E-state index contributed by atoms with van der Waals surface area (Å²) in [5, 5.41) is 4.07. The van der Waals surface area contributed by atoms with Gasteiger partial charge in [0.25, 0.3) is 0 Å². The molecular weight excluding hydrogens is 507 g/mol. The van der Waals surface area contributed by atoms with E-state index in [1.165, 1.54) is 24.8 Å². The predicted octanol–water partition coefficient (Wildman–Crippen LogP) is 6.40. The summed E-state index contributed by atoms with van der Waals surface area (Å²) in [7, 11) is 0. The minimum Gasteiger partial charge on any atom is -0.383 e. The number of alkyl halides is 1. The molecule has 0 bridgehead atoms. The highest BCUT2D eigenvalue weighted by Gasteiger charge is 2.35. The number of anilines is 1. The van der Waals surface area contributed by atoms with Gasteiger partial charge in [0.15, 0.2) is 0 Å². The van der Waals surface area contributed by atoms with Gasteiger partial charge in [0.05, 0.1) is 11.1 Å². The van der Waals surface area contributed by atoms with Crippen LogP contribution in [0.5, 0.6) is 0 Å². The lowest BCUT2D eigenvalue weighted by Gasteiger charge is -2.34. The van der Waals surface area contributed by atoms with E-state index in [0.29, 0.717) is 30.2 Å². The smallest absolute Gasteiger partial charge is 0.226 e. The maximum Gasteiger partial charge on any atom is 0.226 e. The maximum atomic E-state index is 12.7. The zero-order valence-electron chi connectivity index (χ0n) is 20.8. The number of likely N-dealkylation sites (tertiary alicyclic amines) is 1. The lowest BCUT2D eigenvalue weighted by Crippen LogP contribution is -2.36. The molecule has 2 N–H and O–H groups in total. The minimum absolute atomic E-state index is 0.176. The van der Waals surface area contributed by atoms with Crippen LogP contribution < -0.4 is 5.73 Å². The van der Waals surface area contributed by atoms with Gasteiger partial charge in [-0.3, -0.25) is 0 Å². The summed E-state index contributed by atoms with van der Waals surface area (Å²) in [4.78, 5) is 16.1. The molecule has 2 fully saturated rings. The van der Waals surface area contributed by atoms with Crippen LogP contribution in [-0.4, -0.2) is 50.7 Å². The lowest BCUT2D eigenvalue weighted by molar-refractivity contribution is 0.139. The molecule has 0 amide bonds. The molecule has 2 atom stereocenters. The van der Waals surface area contributed by atoms with Gasteiger partial charge in [-0.05, 0) is 74.2 Å². The molecular formula is C28H32ClFN6S. The molecule has 9 heteroatoms. The molecule has 3 aromatic heterocycles. The summed E-state index contributed by atoms with van der Waals surface area (Å²) < 4.78 is 15.0. The molecule has 1 aliphatic carbocycles. The van der Waals surface area contributed by atoms with Crippen molar-refractivity contribution >= 4 is 39.8 Å². The average molecular weight is 539 g/mol. The molecule has 0 radical (unpaired) electrons. The Bertz CT molecular complexity index is 1360. The zero-order valence-corrected chi connectivity index (χ0v) is 22.4. The van der Waals surface area contributed by atoms with Crippen LogP contribution in [0.15, 0.2) is 41.9 Å². The van der Waals surface area contributed by atoms with Crippen LogP contribution in [0.1, 0.15) is 49.4 Å². The first kappa shape index (κ1) is 24.8. The van der Waals surface area contributed by atoms with Crippen LogP contribution in [0.3, 0.4) is 0 Å². The second-order valence-electron chi connectivity index (χ2n) is 10.4. The molecule has 0 spiro atoms. The number of halogens is 2. The highest BCUT2D eigenvalue weighted by molar-refractivity contribution is 7.13. The first-order valence-corrected chi connectivity index (χ1v) is 14.5. The minimum atomic E-state index is -0.250. The molecule has 4 heterocycles. The predicted molar refractivity (Wildman–Crippen MR) is 149 cm³/mol. The van der Waals surface area contributed by atoms with Crippen LogP contribution >= 0.6 is 22.9 Å². The zero-order chi connectivity index (χ0) is 25.4. The third-order valence-electron chi connectivity index (χ3n) is 8.22. The van der Waals surface area contributed by atoms with Crippen molar-refractivity contribution in [3.8, 4) is 10.6 Å². The molecule has 6 rings (SSSR count). The summed E-state index contributed by atoms with van der Waals surface area (Å²) in [5.41, 5.74) is 10.5. The number of nitrogen functional groups attached to an aromatic ring is 1. The van der Waals surface area contributed by atoms with Crippen LogP contribution in [0.4, 0.5) is 10.2 Å². The van der Waals surface area contributed by atoms with Crippen molar-refractivity contribution in [2.24, 2.45) is 11.8 Å². The van der Waals surface area contributed by atoms with Gasteiger partial charge in [0.2, 0.25) is 5.28 Å². The summed E-state index contributed by atoms with van der Waals surface area (Å²) in [6.07, 6.45) is 8.74. The normalized spacial score (nSPS) is 21.2. The van der Waals surface area contributed by atoms with Gasteiger partial charge in [0, 0.05) is 36.1 Å². The first-order chi connectivity index (χ1) is 18.1. The quantitative estimate of drug-likeness (QED) is 0.275. The number of aromatic nitrogens is 4. The number of hydrogen-bond acceptors (Lipinski definition) is 6. The van der Waals surface area contributed by atoms with Gasteiger partial charge in [0.1, 0.15) is 23.1 Å². The number of thiazole rings is 1. The molecule has 1 aromatic carbocycles. The number of benzene rings is 1. The molecule has 2 aliphatic rings. The van der Waals surface area contributed by atoms with Crippen molar-refractivity contribution in [1.29, 1.82) is 0 Å². The SMILES string of the molecule is Nc1nc(Cl)nc2c1c(-c1nc(Cc3ccccc3)cs1)cn2C1CCC(C2CCN(CCF)CC2)C1.